The van der Waals surface area contributed by atoms with Crippen LogP contribution in [0.2, 0.25) is 0 Å². The summed E-state index contributed by atoms with van der Waals surface area (Å²) < 4.78 is 40.5. The second kappa shape index (κ2) is 5.40. The van der Waals surface area contributed by atoms with Gasteiger partial charge >= 0.3 is 0 Å². The van der Waals surface area contributed by atoms with Crippen molar-refractivity contribution in [1.29, 1.82) is 0 Å². The SMILES string of the molecule is CC(C)NCc1cn(-c2cc(F)c(F)cc2F)nn1. The minimum Gasteiger partial charge on any atom is -0.309 e. The monoisotopic (exact) mass is 270 g/mol. The fourth-order valence-electron chi connectivity index (χ4n) is 1.49. The van der Waals surface area contributed by atoms with Crippen molar-refractivity contribution in [1.82, 2.24) is 20.3 Å². The van der Waals surface area contributed by atoms with Crippen LogP contribution in [0.25, 0.3) is 5.69 Å². The summed E-state index contributed by atoms with van der Waals surface area (Å²) in [4.78, 5) is 0. The summed E-state index contributed by atoms with van der Waals surface area (Å²) in [6.45, 7) is 4.40. The molecule has 1 N–H and O–H groups in total. The number of benzene rings is 1. The molecule has 1 heterocycles. The highest BCUT2D eigenvalue weighted by molar-refractivity contribution is 5.33. The van der Waals surface area contributed by atoms with Gasteiger partial charge in [0.2, 0.25) is 0 Å². The van der Waals surface area contributed by atoms with Crippen LogP contribution in [0.4, 0.5) is 13.2 Å². The van der Waals surface area contributed by atoms with Crippen molar-refractivity contribution in [2.24, 2.45) is 0 Å². The highest BCUT2D eigenvalue weighted by atomic mass is 19.2. The first-order valence-corrected chi connectivity index (χ1v) is 5.77. The van der Waals surface area contributed by atoms with Crippen molar-refractivity contribution in [3.63, 3.8) is 0 Å². The van der Waals surface area contributed by atoms with Gasteiger partial charge in [-0.2, -0.15) is 0 Å². The summed E-state index contributed by atoms with van der Waals surface area (Å²) in [6.07, 6.45) is 1.46. The Morgan fingerprint density at radius 1 is 1.16 bits per heavy atom. The smallest absolute Gasteiger partial charge is 0.161 e. The molecular weight excluding hydrogens is 257 g/mol. The molecule has 0 unspecified atom stereocenters. The zero-order valence-corrected chi connectivity index (χ0v) is 10.5. The van der Waals surface area contributed by atoms with Gasteiger partial charge in [-0.15, -0.1) is 5.10 Å². The Morgan fingerprint density at radius 2 is 1.84 bits per heavy atom. The molecule has 0 aliphatic rings. The molecule has 7 heteroatoms. The number of nitrogens with one attached hydrogen (secondary N) is 1. The van der Waals surface area contributed by atoms with E-state index in [-0.39, 0.29) is 11.7 Å². The van der Waals surface area contributed by atoms with Gasteiger partial charge in [0.25, 0.3) is 0 Å². The van der Waals surface area contributed by atoms with Crippen LogP contribution in [-0.4, -0.2) is 21.0 Å². The van der Waals surface area contributed by atoms with Crippen LogP contribution in [-0.2, 0) is 6.54 Å². The molecule has 0 fully saturated rings. The van der Waals surface area contributed by atoms with E-state index in [1.165, 1.54) is 6.20 Å². The van der Waals surface area contributed by atoms with Gasteiger partial charge in [-0.25, -0.2) is 17.9 Å². The lowest BCUT2D eigenvalue weighted by molar-refractivity contribution is 0.491. The minimum absolute atomic E-state index is 0.179. The molecule has 0 saturated heterocycles. The first kappa shape index (κ1) is 13.5. The maximum absolute atomic E-state index is 13.5. The Labute approximate surface area is 108 Å². The second-order valence-corrected chi connectivity index (χ2v) is 4.41. The molecule has 2 rings (SSSR count). The van der Waals surface area contributed by atoms with Crippen LogP contribution in [0.3, 0.4) is 0 Å². The summed E-state index contributed by atoms with van der Waals surface area (Å²) in [5.41, 5.74) is 0.403. The Hall–Kier alpha value is -1.89. The van der Waals surface area contributed by atoms with Crippen molar-refractivity contribution in [2.45, 2.75) is 26.4 Å². The molecule has 1 aromatic heterocycles. The van der Waals surface area contributed by atoms with Crippen molar-refractivity contribution in [2.75, 3.05) is 0 Å². The molecule has 4 nitrogen and oxygen atoms in total. The first-order chi connectivity index (χ1) is 8.97. The van der Waals surface area contributed by atoms with Crippen LogP contribution in [0.15, 0.2) is 18.3 Å². The Bertz CT molecular complexity index is 580. The number of halogens is 3. The van der Waals surface area contributed by atoms with E-state index in [2.05, 4.69) is 15.6 Å². The van der Waals surface area contributed by atoms with Gasteiger partial charge in [0.05, 0.1) is 11.9 Å². The molecule has 0 atom stereocenters. The van der Waals surface area contributed by atoms with Crippen LogP contribution in [0.5, 0.6) is 0 Å². The summed E-state index contributed by atoms with van der Waals surface area (Å²) in [6, 6.07) is 1.50. The van der Waals surface area contributed by atoms with E-state index in [1.54, 1.807) is 0 Å². The van der Waals surface area contributed by atoms with Crippen LogP contribution >= 0.6 is 0 Å². The van der Waals surface area contributed by atoms with Gasteiger partial charge in [0.1, 0.15) is 5.69 Å². The van der Waals surface area contributed by atoms with Gasteiger partial charge in [-0.1, -0.05) is 19.1 Å². The lowest BCUT2D eigenvalue weighted by Crippen LogP contribution is -2.21. The minimum atomic E-state index is -1.23. The van der Waals surface area contributed by atoms with Crippen molar-refractivity contribution < 1.29 is 13.2 Å². The Morgan fingerprint density at radius 3 is 2.53 bits per heavy atom. The third kappa shape index (κ3) is 3.11. The molecule has 0 aliphatic carbocycles. The molecule has 0 aliphatic heterocycles. The maximum Gasteiger partial charge on any atom is 0.161 e. The molecule has 0 saturated carbocycles. The van der Waals surface area contributed by atoms with Gasteiger partial charge in [-0.05, 0) is 0 Å². The number of nitrogens with zero attached hydrogens (tertiary/aromatic N) is 3. The molecule has 0 bridgehead atoms. The zero-order chi connectivity index (χ0) is 14.0. The molecule has 2 aromatic rings. The summed E-state index contributed by atoms with van der Waals surface area (Å²) in [5, 5.41) is 10.6. The predicted molar refractivity (Wildman–Crippen MR) is 63.2 cm³/mol. The van der Waals surface area contributed by atoms with E-state index in [9.17, 15) is 13.2 Å². The highest BCUT2D eigenvalue weighted by Gasteiger charge is 2.13. The fraction of sp³-hybridized carbons (Fsp3) is 0.333. The number of hydrogen-bond acceptors (Lipinski definition) is 3. The van der Waals surface area contributed by atoms with Crippen molar-refractivity contribution in [3.05, 3.63) is 41.5 Å². The lowest BCUT2D eigenvalue weighted by Gasteiger charge is -2.04. The molecule has 0 spiro atoms. The van der Waals surface area contributed by atoms with Crippen molar-refractivity contribution >= 4 is 0 Å². The van der Waals surface area contributed by atoms with Gasteiger partial charge in [0, 0.05) is 24.7 Å². The normalized spacial score (nSPS) is 11.3. The Kier molecular flexibility index (Phi) is 3.84. The Balaban J connectivity index is 2.25. The van der Waals surface area contributed by atoms with Gasteiger partial charge in [0.15, 0.2) is 17.5 Å². The topological polar surface area (TPSA) is 42.7 Å². The quantitative estimate of drug-likeness (QED) is 0.866. The van der Waals surface area contributed by atoms with Crippen LogP contribution in [0, 0.1) is 17.5 Å². The maximum atomic E-state index is 13.5. The zero-order valence-electron chi connectivity index (χ0n) is 10.5. The summed E-state index contributed by atoms with van der Waals surface area (Å²) in [5.74, 6) is -3.26. The molecule has 0 radical (unpaired) electrons. The first-order valence-electron chi connectivity index (χ1n) is 5.77. The average Bonchev–Trinajstić information content (AvgIpc) is 2.80. The molecule has 1 aromatic carbocycles. The molecule has 19 heavy (non-hydrogen) atoms. The van der Waals surface area contributed by atoms with Crippen LogP contribution in [0.1, 0.15) is 19.5 Å². The van der Waals surface area contributed by atoms with Gasteiger partial charge in [-0.3, -0.25) is 0 Å². The van der Waals surface area contributed by atoms with Crippen LogP contribution < -0.4 is 5.32 Å². The highest BCUT2D eigenvalue weighted by Crippen LogP contribution is 2.17. The third-order valence-corrected chi connectivity index (χ3v) is 2.47. The number of rotatable bonds is 4. The largest absolute Gasteiger partial charge is 0.309 e. The standard InChI is InChI=1S/C12H13F3N4/c1-7(2)16-5-8-6-19(18-17-8)12-4-10(14)9(13)3-11(12)15/h3-4,6-7,16H,5H2,1-2H3. The average molecular weight is 270 g/mol. The van der Waals surface area contributed by atoms with E-state index in [0.717, 1.165) is 10.7 Å². The van der Waals surface area contributed by atoms with Gasteiger partial charge < -0.3 is 5.32 Å². The molecule has 0 amide bonds. The molecular formula is C12H13F3N4. The van der Waals surface area contributed by atoms with E-state index >= 15 is 0 Å². The lowest BCUT2D eigenvalue weighted by atomic mass is 10.3. The summed E-state index contributed by atoms with van der Waals surface area (Å²) in [7, 11) is 0. The number of hydrogen-bond donors (Lipinski definition) is 1. The summed E-state index contributed by atoms with van der Waals surface area (Å²) >= 11 is 0. The number of aromatic nitrogens is 3. The fourth-order valence-corrected chi connectivity index (χ4v) is 1.49. The van der Waals surface area contributed by atoms with Crippen molar-refractivity contribution in [3.8, 4) is 5.69 Å². The van der Waals surface area contributed by atoms with E-state index < -0.39 is 17.5 Å². The molecule has 102 valence electrons. The van der Waals surface area contributed by atoms with E-state index in [4.69, 9.17) is 0 Å². The predicted octanol–water partition coefficient (Wildman–Crippen LogP) is 2.18. The third-order valence-electron chi connectivity index (χ3n) is 2.47. The van der Waals surface area contributed by atoms with E-state index in [0.29, 0.717) is 18.3 Å². The second-order valence-electron chi connectivity index (χ2n) is 4.41. The van der Waals surface area contributed by atoms with E-state index in [1.807, 2.05) is 13.8 Å².